The van der Waals surface area contributed by atoms with Gasteiger partial charge in [-0.3, -0.25) is 0 Å². The Morgan fingerprint density at radius 3 is 2.21 bits per heavy atom. The van der Waals surface area contributed by atoms with E-state index in [1.165, 1.54) is 12.1 Å². The van der Waals surface area contributed by atoms with Crippen LogP contribution < -0.4 is 10.5 Å². The summed E-state index contributed by atoms with van der Waals surface area (Å²) in [5.41, 5.74) is 1.02. The Kier molecular flexibility index (Phi) is 6.16. The lowest BCUT2D eigenvalue weighted by Gasteiger charge is -2.18. The number of benzene rings is 1. The monoisotopic (exact) mass is 388 g/mol. The molecule has 3 N–H and O–H groups in total. The number of nitrogens with one attached hydrogen (secondary N) is 1. The first-order valence-corrected chi connectivity index (χ1v) is 11.4. The van der Waals surface area contributed by atoms with E-state index in [2.05, 4.69) is 5.32 Å². The summed E-state index contributed by atoms with van der Waals surface area (Å²) in [6.07, 6.45) is 0.392. The Labute approximate surface area is 146 Å². The predicted molar refractivity (Wildman–Crippen MR) is 95.2 cm³/mol. The van der Waals surface area contributed by atoms with Gasteiger partial charge in [0.2, 0.25) is 10.0 Å². The molecule has 0 saturated heterocycles. The summed E-state index contributed by atoms with van der Waals surface area (Å²) in [5, 5.41) is 8.30. The number of thiophene rings is 1. The van der Waals surface area contributed by atoms with Gasteiger partial charge in [-0.15, -0.1) is 11.3 Å². The number of primary sulfonamides is 1. The average Bonchev–Trinajstić information content (AvgIpc) is 3.03. The maximum absolute atomic E-state index is 12.5. The summed E-state index contributed by atoms with van der Waals surface area (Å²) < 4.78 is 47.4. The van der Waals surface area contributed by atoms with E-state index in [0.29, 0.717) is 24.3 Å². The summed E-state index contributed by atoms with van der Waals surface area (Å²) in [4.78, 5) is 0. The van der Waals surface area contributed by atoms with Gasteiger partial charge in [0.25, 0.3) is 0 Å². The van der Waals surface area contributed by atoms with E-state index >= 15 is 0 Å². The topological polar surface area (TPSA) is 106 Å². The highest BCUT2D eigenvalue weighted by Gasteiger charge is 2.22. The zero-order valence-electron chi connectivity index (χ0n) is 13.2. The molecule has 24 heavy (non-hydrogen) atoms. The van der Waals surface area contributed by atoms with Crippen LogP contribution in [-0.4, -0.2) is 29.1 Å². The van der Waals surface area contributed by atoms with Crippen LogP contribution in [0, 0.1) is 0 Å². The first-order chi connectivity index (χ1) is 11.2. The molecule has 2 rings (SSSR count). The van der Waals surface area contributed by atoms with E-state index in [-0.39, 0.29) is 20.2 Å². The van der Waals surface area contributed by atoms with Crippen LogP contribution in [0.2, 0.25) is 0 Å². The third kappa shape index (κ3) is 4.87. The summed E-state index contributed by atoms with van der Waals surface area (Å²) in [6.45, 7) is 2.68. The first kappa shape index (κ1) is 19.1. The molecule has 9 heteroatoms. The molecule has 0 radical (unpaired) electrons. The molecule has 0 fully saturated rings. The highest BCUT2D eigenvalue weighted by molar-refractivity contribution is 7.95. The van der Waals surface area contributed by atoms with Crippen molar-refractivity contribution >= 4 is 31.2 Å². The number of sulfonamides is 1. The number of hydrogen-bond acceptors (Lipinski definition) is 6. The van der Waals surface area contributed by atoms with E-state index in [1.54, 1.807) is 0 Å². The van der Waals surface area contributed by atoms with Crippen LogP contribution in [-0.2, 0) is 19.9 Å². The van der Waals surface area contributed by atoms with Gasteiger partial charge in [0.05, 0.1) is 5.75 Å². The lowest BCUT2D eigenvalue weighted by Crippen LogP contribution is -2.23. The highest BCUT2D eigenvalue weighted by Crippen LogP contribution is 2.27. The maximum Gasteiger partial charge on any atom is 0.247 e. The third-order valence-electron chi connectivity index (χ3n) is 3.47. The van der Waals surface area contributed by atoms with E-state index in [1.807, 2.05) is 37.3 Å². The number of sulfone groups is 1. The molecule has 0 spiro atoms. The van der Waals surface area contributed by atoms with Crippen molar-refractivity contribution in [2.45, 2.75) is 27.8 Å². The Bertz CT molecular complexity index is 874. The van der Waals surface area contributed by atoms with Crippen LogP contribution >= 0.6 is 11.3 Å². The summed E-state index contributed by atoms with van der Waals surface area (Å²) in [6, 6.07) is 12.1. The van der Waals surface area contributed by atoms with Gasteiger partial charge < -0.3 is 5.32 Å². The summed E-state index contributed by atoms with van der Waals surface area (Å²) in [7, 11) is -7.45. The van der Waals surface area contributed by atoms with Crippen LogP contribution in [0.3, 0.4) is 0 Å². The number of hydrogen-bond donors (Lipinski definition) is 2. The van der Waals surface area contributed by atoms with E-state index in [0.717, 1.165) is 5.56 Å². The zero-order valence-corrected chi connectivity index (χ0v) is 15.6. The number of nitrogens with two attached hydrogens (primary N) is 1. The molecule has 6 nitrogen and oxygen atoms in total. The predicted octanol–water partition coefficient (Wildman–Crippen LogP) is 1.91. The molecule has 0 saturated carbocycles. The zero-order chi connectivity index (χ0) is 17.8. The van der Waals surface area contributed by atoms with Gasteiger partial charge in [-0.25, -0.2) is 22.0 Å². The molecule has 1 unspecified atom stereocenters. The van der Waals surface area contributed by atoms with Crippen molar-refractivity contribution in [1.82, 2.24) is 5.32 Å². The van der Waals surface area contributed by atoms with Crippen LogP contribution in [0.5, 0.6) is 0 Å². The van der Waals surface area contributed by atoms with Crippen molar-refractivity contribution in [2.24, 2.45) is 5.14 Å². The molecule has 0 bridgehead atoms. The Balaban J connectivity index is 2.15. The molecule has 0 amide bonds. The van der Waals surface area contributed by atoms with Crippen LogP contribution in [0.4, 0.5) is 0 Å². The summed E-state index contributed by atoms with van der Waals surface area (Å²) >= 11 is 0.686. The second kappa shape index (κ2) is 7.75. The van der Waals surface area contributed by atoms with Gasteiger partial charge in [0, 0.05) is 6.04 Å². The van der Waals surface area contributed by atoms with Crippen LogP contribution in [0.1, 0.15) is 24.9 Å². The molecule has 0 aliphatic carbocycles. The van der Waals surface area contributed by atoms with Gasteiger partial charge in [0.1, 0.15) is 8.42 Å². The fraction of sp³-hybridized carbons (Fsp3) is 0.333. The van der Waals surface area contributed by atoms with Crippen molar-refractivity contribution < 1.29 is 16.8 Å². The largest absolute Gasteiger partial charge is 0.310 e. The smallest absolute Gasteiger partial charge is 0.247 e. The van der Waals surface area contributed by atoms with Crippen molar-refractivity contribution in [1.29, 1.82) is 0 Å². The Hall–Kier alpha value is -1.26. The number of rotatable bonds is 8. The van der Waals surface area contributed by atoms with Crippen molar-refractivity contribution in [2.75, 3.05) is 12.3 Å². The fourth-order valence-electron chi connectivity index (χ4n) is 2.32. The normalized spacial score (nSPS) is 13.8. The quantitative estimate of drug-likeness (QED) is 0.718. The fourth-order valence-corrected chi connectivity index (χ4v) is 5.99. The second-order valence-corrected chi connectivity index (χ2v) is 10.5. The van der Waals surface area contributed by atoms with Gasteiger partial charge in [-0.2, -0.15) is 0 Å². The molecule has 1 aromatic heterocycles. The van der Waals surface area contributed by atoms with Gasteiger partial charge in [0.15, 0.2) is 9.84 Å². The van der Waals surface area contributed by atoms with Crippen molar-refractivity contribution in [3.63, 3.8) is 0 Å². The minimum absolute atomic E-state index is 0.0230. The molecule has 1 heterocycles. The van der Waals surface area contributed by atoms with Gasteiger partial charge in [-0.05, 0) is 30.7 Å². The second-order valence-electron chi connectivity index (χ2n) is 5.25. The molecule has 2 aromatic rings. The SMILES string of the molecule is CCNC(CCS(=O)(=O)c1ccc(S(N)(=O)=O)s1)c1ccccc1. The minimum atomic E-state index is -3.88. The third-order valence-corrected chi connectivity index (χ3v) is 8.32. The molecule has 1 aromatic carbocycles. The molecule has 0 aliphatic heterocycles. The van der Waals surface area contributed by atoms with Crippen molar-refractivity contribution in [3.05, 3.63) is 48.0 Å². The highest BCUT2D eigenvalue weighted by atomic mass is 32.3. The van der Waals surface area contributed by atoms with E-state index in [9.17, 15) is 16.8 Å². The van der Waals surface area contributed by atoms with E-state index < -0.39 is 19.9 Å². The minimum Gasteiger partial charge on any atom is -0.310 e. The van der Waals surface area contributed by atoms with Gasteiger partial charge in [-0.1, -0.05) is 37.3 Å². The molecule has 132 valence electrons. The van der Waals surface area contributed by atoms with E-state index in [4.69, 9.17) is 5.14 Å². The maximum atomic E-state index is 12.5. The molecular formula is C15H20N2O4S3. The van der Waals surface area contributed by atoms with Crippen LogP contribution in [0.15, 0.2) is 50.9 Å². The molecule has 1 atom stereocenters. The molecule has 0 aliphatic rings. The Morgan fingerprint density at radius 1 is 1.04 bits per heavy atom. The lowest BCUT2D eigenvalue weighted by molar-refractivity contribution is 0.529. The standard InChI is InChI=1S/C15H20N2O4S3/c1-2-17-13(12-6-4-3-5-7-12)10-11-23(18,19)14-8-9-15(22-14)24(16,20)21/h3-9,13,17H,2,10-11H2,1H3,(H2,16,20,21). The average molecular weight is 389 g/mol. The lowest BCUT2D eigenvalue weighted by atomic mass is 10.0. The van der Waals surface area contributed by atoms with Crippen LogP contribution in [0.25, 0.3) is 0 Å². The van der Waals surface area contributed by atoms with Gasteiger partial charge >= 0.3 is 0 Å². The van der Waals surface area contributed by atoms with Crippen molar-refractivity contribution in [3.8, 4) is 0 Å². The first-order valence-electron chi connectivity index (χ1n) is 7.38. The molecular weight excluding hydrogens is 368 g/mol. The summed E-state index contributed by atoms with van der Waals surface area (Å²) in [5.74, 6) is -0.0792. The Morgan fingerprint density at radius 2 is 1.67 bits per heavy atom.